The summed E-state index contributed by atoms with van der Waals surface area (Å²) in [5, 5.41) is 0. The van der Waals surface area contributed by atoms with E-state index in [2.05, 4.69) is 13.2 Å². The first-order valence-corrected chi connectivity index (χ1v) is 3.77. The van der Waals surface area contributed by atoms with Crippen LogP contribution in [0.25, 0.3) is 0 Å². The van der Waals surface area contributed by atoms with Crippen LogP contribution in [0.4, 0.5) is 0 Å². The van der Waals surface area contributed by atoms with Crippen molar-refractivity contribution >= 4 is 11.8 Å². The molecule has 0 aromatic heterocycles. The zero-order valence-corrected chi connectivity index (χ0v) is 6.98. The molecule has 1 nitrogen and oxygen atoms in total. The molecule has 0 bridgehead atoms. The van der Waals surface area contributed by atoms with Crippen LogP contribution in [0, 0.1) is 0 Å². The molecule has 0 aliphatic heterocycles. The molecule has 0 aliphatic carbocycles. The van der Waals surface area contributed by atoms with Gasteiger partial charge in [0.2, 0.25) is 0 Å². The van der Waals surface area contributed by atoms with Crippen LogP contribution in [0.5, 0.6) is 0 Å². The fourth-order valence-corrected chi connectivity index (χ4v) is 0.856. The SMILES string of the molecule is C=CCCCN(Cl)CC=C. The predicted octanol–water partition coefficient (Wildman–Crippen LogP) is 2.59. The van der Waals surface area contributed by atoms with Crippen molar-refractivity contribution in [2.45, 2.75) is 12.8 Å². The highest BCUT2D eigenvalue weighted by atomic mass is 35.5. The Morgan fingerprint density at radius 1 is 1.30 bits per heavy atom. The molecule has 0 atom stereocenters. The summed E-state index contributed by atoms with van der Waals surface area (Å²) in [6, 6.07) is 0. The number of halogens is 1. The molecule has 2 heteroatoms. The quantitative estimate of drug-likeness (QED) is 0.327. The van der Waals surface area contributed by atoms with Gasteiger partial charge in [0.1, 0.15) is 0 Å². The summed E-state index contributed by atoms with van der Waals surface area (Å²) >= 11 is 5.74. The van der Waals surface area contributed by atoms with E-state index in [9.17, 15) is 0 Å². The highest BCUT2D eigenvalue weighted by Gasteiger charge is 1.94. The second kappa shape index (κ2) is 6.84. The van der Waals surface area contributed by atoms with E-state index in [0.717, 1.165) is 25.9 Å². The van der Waals surface area contributed by atoms with Gasteiger partial charge in [0, 0.05) is 13.1 Å². The third-order valence-corrected chi connectivity index (χ3v) is 1.44. The Morgan fingerprint density at radius 3 is 2.50 bits per heavy atom. The third-order valence-electron chi connectivity index (χ3n) is 1.14. The monoisotopic (exact) mass is 159 g/mol. The molecule has 0 N–H and O–H groups in total. The highest BCUT2D eigenvalue weighted by Crippen LogP contribution is 1.98. The number of allylic oxidation sites excluding steroid dienone is 1. The zero-order valence-electron chi connectivity index (χ0n) is 6.22. The van der Waals surface area contributed by atoms with Gasteiger partial charge in [-0.2, -0.15) is 0 Å². The Bertz CT molecular complexity index is 101. The Labute approximate surface area is 68.1 Å². The lowest BCUT2D eigenvalue weighted by Gasteiger charge is -2.08. The average molecular weight is 160 g/mol. The molecule has 0 spiro atoms. The van der Waals surface area contributed by atoms with Gasteiger partial charge < -0.3 is 0 Å². The molecule has 0 radical (unpaired) electrons. The largest absolute Gasteiger partial charge is 0.216 e. The van der Waals surface area contributed by atoms with Crippen molar-refractivity contribution in [2.24, 2.45) is 0 Å². The molecule has 0 aliphatic rings. The minimum absolute atomic E-state index is 0.749. The van der Waals surface area contributed by atoms with Gasteiger partial charge in [-0.3, -0.25) is 0 Å². The lowest BCUT2D eigenvalue weighted by atomic mass is 10.3. The molecule has 0 saturated heterocycles. The topological polar surface area (TPSA) is 3.24 Å². The molecule has 0 aromatic rings. The highest BCUT2D eigenvalue weighted by molar-refractivity contribution is 6.13. The average Bonchev–Trinajstić information content (AvgIpc) is 1.89. The van der Waals surface area contributed by atoms with Gasteiger partial charge in [0.15, 0.2) is 0 Å². The van der Waals surface area contributed by atoms with Gasteiger partial charge in [-0.1, -0.05) is 12.2 Å². The molecule has 0 fully saturated rings. The molecule has 0 unspecified atom stereocenters. The molecule has 0 aromatic carbocycles. The number of hydrogen-bond acceptors (Lipinski definition) is 1. The zero-order chi connectivity index (χ0) is 7.82. The van der Waals surface area contributed by atoms with Gasteiger partial charge in [0.25, 0.3) is 0 Å². The fraction of sp³-hybridized carbons (Fsp3) is 0.500. The summed E-state index contributed by atoms with van der Waals surface area (Å²) in [6.45, 7) is 8.86. The first-order chi connectivity index (χ1) is 4.81. The molecule has 0 saturated carbocycles. The summed E-state index contributed by atoms with van der Waals surface area (Å²) in [5.74, 6) is 0. The van der Waals surface area contributed by atoms with E-state index in [0.29, 0.717) is 0 Å². The van der Waals surface area contributed by atoms with Crippen LogP contribution in [0.1, 0.15) is 12.8 Å². The molecular weight excluding hydrogens is 146 g/mol. The normalized spacial score (nSPS) is 9.80. The van der Waals surface area contributed by atoms with Crippen molar-refractivity contribution in [1.29, 1.82) is 0 Å². The van der Waals surface area contributed by atoms with Crippen molar-refractivity contribution < 1.29 is 0 Å². The summed E-state index contributed by atoms with van der Waals surface area (Å²) < 4.78 is 1.72. The maximum absolute atomic E-state index is 5.74. The van der Waals surface area contributed by atoms with E-state index in [4.69, 9.17) is 11.8 Å². The van der Waals surface area contributed by atoms with E-state index in [1.807, 2.05) is 6.08 Å². The van der Waals surface area contributed by atoms with Crippen molar-refractivity contribution in [3.63, 3.8) is 0 Å². The standard InChI is InChI=1S/C8H14ClN/c1-3-5-6-8-10(9)7-4-2/h3-4H,1-2,5-8H2. The van der Waals surface area contributed by atoms with E-state index < -0.39 is 0 Å². The Morgan fingerprint density at radius 2 is 2.00 bits per heavy atom. The maximum Gasteiger partial charge on any atom is 0.0317 e. The lowest BCUT2D eigenvalue weighted by Crippen LogP contribution is -2.12. The van der Waals surface area contributed by atoms with E-state index in [-0.39, 0.29) is 0 Å². The Kier molecular flexibility index (Phi) is 6.66. The molecule has 0 amide bonds. The van der Waals surface area contributed by atoms with E-state index >= 15 is 0 Å². The minimum atomic E-state index is 0.749. The molecule has 58 valence electrons. The first kappa shape index (κ1) is 9.73. The third kappa shape index (κ3) is 5.86. The van der Waals surface area contributed by atoms with Crippen molar-refractivity contribution in [3.05, 3.63) is 25.3 Å². The smallest absolute Gasteiger partial charge is 0.0317 e. The maximum atomic E-state index is 5.74. The minimum Gasteiger partial charge on any atom is -0.216 e. The van der Waals surface area contributed by atoms with Gasteiger partial charge >= 0.3 is 0 Å². The van der Waals surface area contributed by atoms with E-state index in [1.54, 1.807) is 10.5 Å². The molecule has 10 heavy (non-hydrogen) atoms. The first-order valence-electron chi connectivity index (χ1n) is 3.43. The number of nitrogens with zero attached hydrogens (tertiary/aromatic N) is 1. The Balaban J connectivity index is 3.11. The van der Waals surface area contributed by atoms with Gasteiger partial charge in [0.05, 0.1) is 0 Å². The summed E-state index contributed by atoms with van der Waals surface area (Å²) in [5.41, 5.74) is 0. The summed E-state index contributed by atoms with van der Waals surface area (Å²) in [6.07, 6.45) is 5.79. The number of rotatable bonds is 6. The second-order valence-corrected chi connectivity index (χ2v) is 2.57. The van der Waals surface area contributed by atoms with Gasteiger partial charge in [-0.25, -0.2) is 4.42 Å². The van der Waals surface area contributed by atoms with Crippen molar-refractivity contribution in [1.82, 2.24) is 4.42 Å². The number of unbranched alkanes of at least 4 members (excludes halogenated alkanes) is 1. The van der Waals surface area contributed by atoms with Crippen LogP contribution in [0.3, 0.4) is 0 Å². The van der Waals surface area contributed by atoms with Crippen LogP contribution < -0.4 is 0 Å². The Hall–Kier alpha value is -0.270. The predicted molar refractivity (Wildman–Crippen MR) is 47.1 cm³/mol. The number of hydrogen-bond donors (Lipinski definition) is 0. The van der Waals surface area contributed by atoms with Crippen LogP contribution in [0.15, 0.2) is 25.3 Å². The van der Waals surface area contributed by atoms with Gasteiger partial charge in [-0.15, -0.1) is 13.2 Å². The molecule has 0 rings (SSSR count). The molecule has 0 heterocycles. The van der Waals surface area contributed by atoms with Crippen LogP contribution in [0.2, 0.25) is 0 Å². The summed E-state index contributed by atoms with van der Waals surface area (Å²) in [4.78, 5) is 0. The van der Waals surface area contributed by atoms with Crippen molar-refractivity contribution in [2.75, 3.05) is 13.1 Å². The van der Waals surface area contributed by atoms with Crippen molar-refractivity contribution in [3.8, 4) is 0 Å². The second-order valence-electron chi connectivity index (χ2n) is 2.09. The van der Waals surface area contributed by atoms with Crippen LogP contribution in [-0.4, -0.2) is 17.5 Å². The molecular formula is C8H14ClN. The van der Waals surface area contributed by atoms with E-state index in [1.165, 1.54) is 0 Å². The lowest BCUT2D eigenvalue weighted by molar-refractivity contribution is 0.489. The van der Waals surface area contributed by atoms with Crippen LogP contribution >= 0.6 is 11.8 Å². The van der Waals surface area contributed by atoms with Gasteiger partial charge in [-0.05, 0) is 24.6 Å². The summed E-state index contributed by atoms with van der Waals surface area (Å²) in [7, 11) is 0. The fourth-order valence-electron chi connectivity index (χ4n) is 0.639. The van der Waals surface area contributed by atoms with Crippen LogP contribution in [-0.2, 0) is 0 Å².